The van der Waals surface area contributed by atoms with Gasteiger partial charge in [-0.15, -0.1) is 0 Å². The molecule has 236 valence electrons. The van der Waals surface area contributed by atoms with E-state index < -0.39 is 11.9 Å². The van der Waals surface area contributed by atoms with E-state index in [1.807, 2.05) is 0 Å². The highest BCUT2D eigenvalue weighted by molar-refractivity contribution is 5.66. The number of allylic oxidation sites excluding steroid dienone is 2. The lowest BCUT2D eigenvalue weighted by Crippen LogP contribution is -2.06. The largest absolute Gasteiger partial charge is 0.481 e. The van der Waals surface area contributed by atoms with Crippen molar-refractivity contribution in [3.05, 3.63) is 11.6 Å². The number of carboxylic acids is 2. The summed E-state index contributed by atoms with van der Waals surface area (Å²) in [5.74, 6) is -0.631. The second-order valence-corrected chi connectivity index (χ2v) is 12.3. The van der Waals surface area contributed by atoms with Gasteiger partial charge in [0.1, 0.15) is 0 Å². The standard InChI is InChI=1S/C36H68O4/c1-3-5-7-9-11-15-21-27-33(29-23-17-13-19-25-31-35(37)38)34(28-22-16-12-10-8-6-4-2)30-24-18-14-20-26-32-36(39)40/h27,34H,3-26,28-32H2,1-2H3,(H,37,38)(H,39,40)/b33-27-. The summed E-state index contributed by atoms with van der Waals surface area (Å²) in [6, 6.07) is 0. The first kappa shape index (κ1) is 38.7. The molecule has 0 saturated carbocycles. The van der Waals surface area contributed by atoms with Crippen molar-refractivity contribution in [3.63, 3.8) is 0 Å². The molecule has 0 aliphatic carbocycles. The Hall–Kier alpha value is -1.32. The maximum Gasteiger partial charge on any atom is 0.303 e. The Balaban J connectivity index is 4.89. The molecule has 0 aromatic carbocycles. The second-order valence-electron chi connectivity index (χ2n) is 12.3. The van der Waals surface area contributed by atoms with Crippen molar-refractivity contribution < 1.29 is 19.8 Å². The monoisotopic (exact) mass is 565 g/mol. The molecule has 0 aliphatic heterocycles. The number of carboxylic acid groups (broad SMARTS) is 2. The fourth-order valence-corrected chi connectivity index (χ4v) is 5.88. The molecule has 0 radical (unpaired) electrons. The number of carbonyl (C=O) groups is 2. The van der Waals surface area contributed by atoms with Crippen LogP contribution in [-0.2, 0) is 9.59 Å². The summed E-state index contributed by atoms with van der Waals surface area (Å²) in [5.41, 5.74) is 1.72. The van der Waals surface area contributed by atoms with Crippen molar-refractivity contribution in [2.45, 2.75) is 200 Å². The maximum absolute atomic E-state index is 10.8. The summed E-state index contributed by atoms with van der Waals surface area (Å²) < 4.78 is 0. The highest BCUT2D eigenvalue weighted by Crippen LogP contribution is 2.30. The fourth-order valence-electron chi connectivity index (χ4n) is 5.88. The van der Waals surface area contributed by atoms with Crippen LogP contribution < -0.4 is 0 Å². The Labute approximate surface area is 249 Å². The van der Waals surface area contributed by atoms with E-state index in [2.05, 4.69) is 19.9 Å². The summed E-state index contributed by atoms with van der Waals surface area (Å²) in [6.45, 7) is 4.56. The van der Waals surface area contributed by atoms with Gasteiger partial charge in [0, 0.05) is 12.8 Å². The Kier molecular flexibility index (Phi) is 29.6. The van der Waals surface area contributed by atoms with Crippen LogP contribution in [-0.4, -0.2) is 22.2 Å². The van der Waals surface area contributed by atoms with Gasteiger partial charge in [0.05, 0.1) is 0 Å². The summed E-state index contributed by atoms with van der Waals surface area (Å²) in [4.78, 5) is 21.6. The minimum atomic E-state index is -0.671. The van der Waals surface area contributed by atoms with Gasteiger partial charge in [0.2, 0.25) is 0 Å². The molecule has 2 N–H and O–H groups in total. The molecule has 0 bridgehead atoms. The molecule has 0 amide bonds. The Morgan fingerprint density at radius 2 is 0.825 bits per heavy atom. The zero-order valence-corrected chi connectivity index (χ0v) is 26.9. The molecule has 0 aromatic rings. The molecule has 0 saturated heterocycles. The van der Waals surface area contributed by atoms with Crippen molar-refractivity contribution in [1.82, 2.24) is 0 Å². The molecule has 0 aliphatic rings. The Bertz CT molecular complexity index is 598. The van der Waals surface area contributed by atoms with Crippen LogP contribution in [0.3, 0.4) is 0 Å². The van der Waals surface area contributed by atoms with Crippen LogP contribution in [0.5, 0.6) is 0 Å². The van der Waals surface area contributed by atoms with Gasteiger partial charge < -0.3 is 10.2 Å². The molecule has 4 heteroatoms. The minimum Gasteiger partial charge on any atom is -0.481 e. The van der Waals surface area contributed by atoms with E-state index in [1.165, 1.54) is 135 Å². The van der Waals surface area contributed by atoms with Crippen molar-refractivity contribution in [2.75, 3.05) is 0 Å². The molecular weight excluding hydrogens is 496 g/mol. The van der Waals surface area contributed by atoms with Crippen molar-refractivity contribution in [3.8, 4) is 0 Å². The number of aliphatic carboxylic acids is 2. The molecular formula is C36H68O4. The van der Waals surface area contributed by atoms with Gasteiger partial charge in [-0.1, -0.05) is 147 Å². The normalized spacial score (nSPS) is 12.6. The smallest absolute Gasteiger partial charge is 0.303 e. The van der Waals surface area contributed by atoms with Gasteiger partial charge in [-0.25, -0.2) is 0 Å². The van der Waals surface area contributed by atoms with E-state index in [0.717, 1.165) is 38.5 Å². The third-order valence-corrected chi connectivity index (χ3v) is 8.44. The van der Waals surface area contributed by atoms with Crippen LogP contribution >= 0.6 is 0 Å². The summed E-state index contributed by atoms with van der Waals surface area (Å²) in [6.07, 6.45) is 36.9. The lowest BCUT2D eigenvalue weighted by molar-refractivity contribution is -0.138. The van der Waals surface area contributed by atoms with Crippen LogP contribution in [0.25, 0.3) is 0 Å². The zero-order chi connectivity index (χ0) is 29.5. The van der Waals surface area contributed by atoms with Gasteiger partial charge in [0.15, 0.2) is 0 Å². The average Bonchev–Trinajstić information content (AvgIpc) is 2.92. The van der Waals surface area contributed by atoms with Crippen LogP contribution in [0.15, 0.2) is 11.6 Å². The van der Waals surface area contributed by atoms with Crippen molar-refractivity contribution >= 4 is 11.9 Å². The summed E-state index contributed by atoms with van der Waals surface area (Å²) in [7, 11) is 0. The van der Waals surface area contributed by atoms with Gasteiger partial charge >= 0.3 is 11.9 Å². The second kappa shape index (κ2) is 30.6. The first-order chi connectivity index (χ1) is 19.5. The summed E-state index contributed by atoms with van der Waals surface area (Å²) >= 11 is 0. The minimum absolute atomic E-state index is 0.306. The number of hydrogen-bond donors (Lipinski definition) is 2. The highest BCUT2D eigenvalue weighted by Gasteiger charge is 2.14. The molecule has 0 heterocycles. The number of unbranched alkanes of at least 4 members (excludes halogenated alkanes) is 20. The molecule has 0 aromatic heterocycles. The quantitative estimate of drug-likeness (QED) is 0.0629. The van der Waals surface area contributed by atoms with E-state index >= 15 is 0 Å². The van der Waals surface area contributed by atoms with Gasteiger partial charge in [-0.2, -0.15) is 0 Å². The Morgan fingerprint density at radius 1 is 0.475 bits per heavy atom. The molecule has 4 nitrogen and oxygen atoms in total. The molecule has 0 spiro atoms. The predicted octanol–water partition coefficient (Wildman–Crippen LogP) is 12.1. The van der Waals surface area contributed by atoms with Crippen LogP contribution in [0.4, 0.5) is 0 Å². The molecule has 0 fully saturated rings. The van der Waals surface area contributed by atoms with Crippen LogP contribution in [0.2, 0.25) is 0 Å². The number of hydrogen-bond acceptors (Lipinski definition) is 2. The Morgan fingerprint density at radius 3 is 1.25 bits per heavy atom. The zero-order valence-electron chi connectivity index (χ0n) is 26.9. The van der Waals surface area contributed by atoms with E-state index in [1.54, 1.807) is 5.57 Å². The van der Waals surface area contributed by atoms with E-state index in [4.69, 9.17) is 10.2 Å². The maximum atomic E-state index is 10.8. The third-order valence-electron chi connectivity index (χ3n) is 8.44. The van der Waals surface area contributed by atoms with E-state index in [0.29, 0.717) is 18.8 Å². The SMILES string of the molecule is CCCCCCCC/C=C(/CCCCCCCC(=O)O)C(CCCCCCCCC)CCCCCCCC(=O)O. The lowest BCUT2D eigenvalue weighted by atomic mass is 9.84. The first-order valence-corrected chi connectivity index (χ1v) is 17.6. The van der Waals surface area contributed by atoms with Crippen LogP contribution in [0.1, 0.15) is 200 Å². The topological polar surface area (TPSA) is 74.6 Å². The van der Waals surface area contributed by atoms with Crippen molar-refractivity contribution in [1.29, 1.82) is 0 Å². The third kappa shape index (κ3) is 28.2. The highest BCUT2D eigenvalue weighted by atomic mass is 16.4. The molecule has 1 unspecified atom stereocenters. The molecule has 40 heavy (non-hydrogen) atoms. The number of rotatable bonds is 32. The lowest BCUT2D eigenvalue weighted by Gasteiger charge is -2.22. The van der Waals surface area contributed by atoms with Gasteiger partial charge in [-0.3, -0.25) is 9.59 Å². The van der Waals surface area contributed by atoms with Crippen LogP contribution in [0, 0.1) is 5.92 Å². The fraction of sp³-hybridized carbons (Fsp3) is 0.889. The van der Waals surface area contributed by atoms with Crippen molar-refractivity contribution in [2.24, 2.45) is 5.92 Å². The summed E-state index contributed by atoms with van der Waals surface area (Å²) in [5, 5.41) is 17.8. The predicted molar refractivity (Wildman–Crippen MR) is 172 cm³/mol. The van der Waals surface area contributed by atoms with E-state index in [9.17, 15) is 9.59 Å². The van der Waals surface area contributed by atoms with E-state index in [-0.39, 0.29) is 0 Å². The first-order valence-electron chi connectivity index (χ1n) is 17.6. The molecule has 0 rings (SSSR count). The van der Waals surface area contributed by atoms with Gasteiger partial charge in [-0.05, 0) is 57.3 Å². The average molecular weight is 565 g/mol. The molecule has 1 atom stereocenters. The van der Waals surface area contributed by atoms with Gasteiger partial charge in [0.25, 0.3) is 0 Å².